The van der Waals surface area contributed by atoms with Gasteiger partial charge < -0.3 is 0 Å². The van der Waals surface area contributed by atoms with Gasteiger partial charge in [-0.3, -0.25) is 0 Å². The Kier molecular flexibility index (Phi) is 8.83. The van der Waals surface area contributed by atoms with Gasteiger partial charge >= 0.3 is 0 Å². The Bertz CT molecular complexity index is 3320. The summed E-state index contributed by atoms with van der Waals surface area (Å²) in [6.07, 6.45) is 0. The van der Waals surface area contributed by atoms with Crippen molar-refractivity contribution < 1.29 is 0 Å². The molecule has 0 radical (unpaired) electrons. The molecule has 3 heteroatoms. The topological polar surface area (TPSA) is 38.7 Å². The second-order valence-electron chi connectivity index (χ2n) is 15.1. The van der Waals surface area contributed by atoms with Gasteiger partial charge in [-0.15, -0.1) is 0 Å². The fourth-order valence-corrected chi connectivity index (χ4v) is 8.69. The molecule has 0 bridgehead atoms. The van der Waals surface area contributed by atoms with Crippen LogP contribution in [0, 0.1) is 0 Å². The third kappa shape index (κ3) is 6.30. The Labute approximate surface area is 349 Å². The Hall–Kier alpha value is -8.01. The minimum atomic E-state index is 0.622. The highest BCUT2D eigenvalue weighted by Gasteiger charge is 2.20. The molecule has 11 aromatic rings. The molecule has 10 aromatic carbocycles. The van der Waals surface area contributed by atoms with E-state index in [0.717, 1.165) is 38.9 Å². The van der Waals surface area contributed by atoms with Crippen LogP contribution >= 0.6 is 0 Å². The summed E-state index contributed by atoms with van der Waals surface area (Å²) in [7, 11) is 0. The first-order chi connectivity index (χ1) is 29.8. The molecule has 0 fully saturated rings. The van der Waals surface area contributed by atoms with Crippen LogP contribution in [0.3, 0.4) is 0 Å². The zero-order chi connectivity index (χ0) is 39.8. The second-order valence-corrected chi connectivity index (χ2v) is 15.1. The molecular formula is C57H37N3. The standard InChI is InChI=1S/C57H37N3/c1-4-16-38(17-5-1)39-28-32-44(33-29-39)55-58-56(60-57(59-55)50-27-15-12-23-46(50)40-18-6-2-7-19-40)45-34-30-43(31-35-45)52-48-25-13-14-26-49(48)53(42-21-8-3-9-22-42)54-47-24-11-10-20-41(47)36-37-51(52)54/h1-37H. The fourth-order valence-electron chi connectivity index (χ4n) is 8.69. The van der Waals surface area contributed by atoms with Crippen molar-refractivity contribution in [3.05, 3.63) is 224 Å². The van der Waals surface area contributed by atoms with E-state index in [-0.39, 0.29) is 0 Å². The SMILES string of the molecule is c1ccc(-c2ccc(-c3nc(-c4ccc(-c5c6ccccc6c(-c6ccccc6)c6c5ccc5ccccc56)cc4)nc(-c4ccccc4-c4ccccc4)n3)cc2)cc1. The summed E-state index contributed by atoms with van der Waals surface area (Å²) in [6.45, 7) is 0. The summed E-state index contributed by atoms with van der Waals surface area (Å²) in [6, 6.07) is 79.4. The fraction of sp³-hybridized carbons (Fsp3) is 0. The van der Waals surface area contributed by atoms with Crippen LogP contribution in [-0.2, 0) is 0 Å². The summed E-state index contributed by atoms with van der Waals surface area (Å²) in [4.78, 5) is 15.5. The number of hydrogen-bond acceptors (Lipinski definition) is 3. The van der Waals surface area contributed by atoms with Crippen molar-refractivity contribution in [2.45, 2.75) is 0 Å². The Morgan fingerprint density at radius 3 is 1.27 bits per heavy atom. The van der Waals surface area contributed by atoms with Crippen LogP contribution in [0.2, 0.25) is 0 Å². The summed E-state index contributed by atoms with van der Waals surface area (Å²) in [5.41, 5.74) is 12.1. The van der Waals surface area contributed by atoms with Gasteiger partial charge in [0, 0.05) is 16.7 Å². The first-order valence-electron chi connectivity index (χ1n) is 20.4. The Balaban J connectivity index is 1.08. The molecule has 0 unspecified atom stereocenters. The number of nitrogens with zero attached hydrogens (tertiary/aromatic N) is 3. The number of rotatable bonds is 7. The van der Waals surface area contributed by atoms with E-state index in [4.69, 9.17) is 15.0 Å². The molecule has 0 aliphatic carbocycles. The molecule has 3 nitrogen and oxygen atoms in total. The highest BCUT2D eigenvalue weighted by molar-refractivity contribution is 6.27. The molecular weight excluding hydrogens is 727 g/mol. The zero-order valence-electron chi connectivity index (χ0n) is 32.7. The molecule has 0 spiro atoms. The van der Waals surface area contributed by atoms with E-state index >= 15 is 0 Å². The molecule has 0 aliphatic heterocycles. The average Bonchev–Trinajstić information content (AvgIpc) is 3.34. The molecule has 0 saturated heterocycles. The van der Waals surface area contributed by atoms with Crippen molar-refractivity contribution in [2.24, 2.45) is 0 Å². The molecule has 1 aromatic heterocycles. The van der Waals surface area contributed by atoms with Gasteiger partial charge in [0.2, 0.25) is 0 Å². The summed E-state index contributed by atoms with van der Waals surface area (Å²) in [5, 5.41) is 7.40. The van der Waals surface area contributed by atoms with Gasteiger partial charge in [0.15, 0.2) is 17.5 Å². The maximum atomic E-state index is 5.21. The van der Waals surface area contributed by atoms with E-state index in [2.05, 4.69) is 212 Å². The van der Waals surface area contributed by atoms with Gasteiger partial charge in [-0.2, -0.15) is 0 Å². The maximum Gasteiger partial charge on any atom is 0.164 e. The van der Waals surface area contributed by atoms with Crippen LogP contribution in [0.15, 0.2) is 224 Å². The predicted octanol–water partition coefficient (Wildman–Crippen LogP) is 15.0. The van der Waals surface area contributed by atoms with Crippen molar-refractivity contribution in [1.82, 2.24) is 15.0 Å². The van der Waals surface area contributed by atoms with Crippen molar-refractivity contribution in [3.63, 3.8) is 0 Å². The highest BCUT2D eigenvalue weighted by Crippen LogP contribution is 2.46. The number of benzene rings is 10. The van der Waals surface area contributed by atoms with Crippen LogP contribution in [-0.4, -0.2) is 15.0 Å². The number of hydrogen-bond donors (Lipinski definition) is 0. The van der Waals surface area contributed by atoms with E-state index in [1.165, 1.54) is 54.6 Å². The molecule has 11 rings (SSSR count). The Morgan fingerprint density at radius 2 is 0.633 bits per heavy atom. The van der Waals surface area contributed by atoms with Gasteiger partial charge in [-0.25, -0.2) is 15.0 Å². The minimum absolute atomic E-state index is 0.622. The maximum absolute atomic E-state index is 5.21. The van der Waals surface area contributed by atoms with E-state index in [1.807, 2.05) is 12.1 Å². The normalized spacial score (nSPS) is 11.3. The smallest absolute Gasteiger partial charge is 0.164 e. The summed E-state index contributed by atoms with van der Waals surface area (Å²) >= 11 is 0. The lowest BCUT2D eigenvalue weighted by Crippen LogP contribution is -2.01. The lowest BCUT2D eigenvalue weighted by atomic mass is 9.84. The molecule has 0 saturated carbocycles. The minimum Gasteiger partial charge on any atom is -0.208 e. The quantitative estimate of drug-likeness (QED) is 0.120. The van der Waals surface area contributed by atoms with Gasteiger partial charge in [-0.05, 0) is 76.8 Å². The first kappa shape index (κ1) is 35.2. The number of aromatic nitrogens is 3. The third-order valence-electron chi connectivity index (χ3n) is 11.5. The first-order valence-corrected chi connectivity index (χ1v) is 20.4. The van der Waals surface area contributed by atoms with E-state index < -0.39 is 0 Å². The van der Waals surface area contributed by atoms with Gasteiger partial charge in [0.05, 0.1) is 0 Å². The van der Waals surface area contributed by atoms with E-state index in [0.29, 0.717) is 17.5 Å². The van der Waals surface area contributed by atoms with Crippen molar-refractivity contribution >= 4 is 32.3 Å². The van der Waals surface area contributed by atoms with Crippen molar-refractivity contribution in [3.8, 4) is 78.7 Å². The lowest BCUT2D eigenvalue weighted by Gasteiger charge is -2.19. The monoisotopic (exact) mass is 763 g/mol. The average molecular weight is 764 g/mol. The van der Waals surface area contributed by atoms with E-state index in [9.17, 15) is 0 Å². The van der Waals surface area contributed by atoms with Gasteiger partial charge in [-0.1, -0.05) is 224 Å². The van der Waals surface area contributed by atoms with Gasteiger partial charge in [0.25, 0.3) is 0 Å². The van der Waals surface area contributed by atoms with Crippen molar-refractivity contribution in [1.29, 1.82) is 0 Å². The predicted molar refractivity (Wildman–Crippen MR) is 250 cm³/mol. The van der Waals surface area contributed by atoms with Crippen LogP contribution in [0.5, 0.6) is 0 Å². The molecule has 0 N–H and O–H groups in total. The highest BCUT2D eigenvalue weighted by atomic mass is 15.0. The van der Waals surface area contributed by atoms with Crippen molar-refractivity contribution in [2.75, 3.05) is 0 Å². The largest absolute Gasteiger partial charge is 0.208 e. The lowest BCUT2D eigenvalue weighted by molar-refractivity contribution is 1.07. The summed E-state index contributed by atoms with van der Waals surface area (Å²) < 4.78 is 0. The van der Waals surface area contributed by atoms with Crippen LogP contribution in [0.4, 0.5) is 0 Å². The van der Waals surface area contributed by atoms with Crippen LogP contribution in [0.25, 0.3) is 111 Å². The molecule has 1 heterocycles. The van der Waals surface area contributed by atoms with Gasteiger partial charge in [0.1, 0.15) is 0 Å². The van der Waals surface area contributed by atoms with Crippen LogP contribution < -0.4 is 0 Å². The molecule has 60 heavy (non-hydrogen) atoms. The third-order valence-corrected chi connectivity index (χ3v) is 11.5. The molecule has 0 aliphatic rings. The molecule has 280 valence electrons. The zero-order valence-corrected chi connectivity index (χ0v) is 32.7. The van der Waals surface area contributed by atoms with E-state index in [1.54, 1.807) is 0 Å². The second kappa shape index (κ2) is 15.1. The number of fused-ring (bicyclic) bond motifs is 4. The molecule has 0 atom stereocenters. The van der Waals surface area contributed by atoms with Crippen LogP contribution in [0.1, 0.15) is 0 Å². The molecule has 0 amide bonds. The Morgan fingerprint density at radius 1 is 0.217 bits per heavy atom. The summed E-state index contributed by atoms with van der Waals surface area (Å²) in [5.74, 6) is 1.88.